The van der Waals surface area contributed by atoms with Crippen molar-refractivity contribution in [3.63, 3.8) is 0 Å². The highest BCUT2D eigenvalue weighted by molar-refractivity contribution is 5.96. The van der Waals surface area contributed by atoms with E-state index < -0.39 is 22.7 Å². The molecule has 27 heavy (non-hydrogen) atoms. The summed E-state index contributed by atoms with van der Waals surface area (Å²) in [6, 6.07) is 11.3. The minimum atomic E-state index is -0.861. The first-order chi connectivity index (χ1) is 13.0. The maximum absolute atomic E-state index is 12.0. The van der Waals surface area contributed by atoms with Crippen LogP contribution in [0.5, 0.6) is 5.75 Å². The molecular weight excluding hydrogens is 356 g/mol. The number of ether oxygens (including phenoxy) is 3. The van der Waals surface area contributed by atoms with E-state index in [4.69, 9.17) is 9.47 Å². The molecule has 0 heterocycles. The first-order valence-electron chi connectivity index (χ1n) is 7.97. The molecule has 0 saturated heterocycles. The smallest absolute Gasteiger partial charge is 0.411 e. The minimum absolute atomic E-state index is 0.0306. The fraction of sp³-hybridized carbons (Fsp3) is 0.222. The maximum Gasteiger partial charge on any atom is 0.411 e. The maximum atomic E-state index is 12.0. The monoisotopic (exact) mass is 374 g/mol. The van der Waals surface area contributed by atoms with Gasteiger partial charge in [0.15, 0.2) is 0 Å². The van der Waals surface area contributed by atoms with Crippen LogP contribution in [-0.4, -0.2) is 30.7 Å². The van der Waals surface area contributed by atoms with Crippen LogP contribution in [0.4, 0.5) is 16.2 Å². The number of benzene rings is 2. The molecule has 2 aromatic rings. The van der Waals surface area contributed by atoms with Crippen molar-refractivity contribution in [3.05, 3.63) is 63.7 Å². The van der Waals surface area contributed by atoms with Crippen LogP contribution in [0.1, 0.15) is 22.8 Å². The molecule has 0 radical (unpaired) electrons. The van der Waals surface area contributed by atoms with Crippen LogP contribution >= 0.6 is 0 Å². The SMILES string of the molecule is CCOC(=O)Nc1cc(OCc2ccccc2)c(C(=O)OC)cc1[N+](=O)[O-]. The first kappa shape index (κ1) is 19.7. The van der Waals surface area contributed by atoms with Gasteiger partial charge in [0.25, 0.3) is 5.69 Å². The molecule has 9 nitrogen and oxygen atoms in total. The normalized spacial score (nSPS) is 10.0. The molecular formula is C18H18N2O7. The molecule has 0 aromatic heterocycles. The number of carbonyl (C=O) groups is 2. The number of nitrogens with one attached hydrogen (secondary N) is 1. The van der Waals surface area contributed by atoms with Gasteiger partial charge in [0, 0.05) is 12.1 Å². The van der Waals surface area contributed by atoms with Gasteiger partial charge in [-0.15, -0.1) is 0 Å². The highest BCUT2D eigenvalue weighted by atomic mass is 16.6. The number of rotatable bonds is 7. The lowest BCUT2D eigenvalue weighted by molar-refractivity contribution is -0.384. The molecule has 0 fully saturated rings. The molecule has 1 N–H and O–H groups in total. The van der Waals surface area contributed by atoms with E-state index in [1.165, 1.54) is 6.07 Å². The number of amides is 1. The molecule has 2 rings (SSSR count). The molecule has 142 valence electrons. The summed E-state index contributed by atoms with van der Waals surface area (Å²) in [4.78, 5) is 34.3. The van der Waals surface area contributed by atoms with Crippen LogP contribution in [-0.2, 0) is 16.1 Å². The van der Waals surface area contributed by atoms with Gasteiger partial charge in [-0.05, 0) is 12.5 Å². The molecule has 0 aliphatic carbocycles. The summed E-state index contributed by atoms with van der Waals surface area (Å²) in [6.07, 6.45) is -0.861. The quantitative estimate of drug-likeness (QED) is 0.447. The molecule has 9 heteroatoms. The van der Waals surface area contributed by atoms with Gasteiger partial charge >= 0.3 is 12.1 Å². The van der Waals surface area contributed by atoms with Gasteiger partial charge in [-0.25, -0.2) is 9.59 Å². The molecule has 1 amide bonds. The number of nitrogens with zero attached hydrogens (tertiary/aromatic N) is 1. The lowest BCUT2D eigenvalue weighted by Gasteiger charge is -2.13. The van der Waals surface area contributed by atoms with E-state index in [2.05, 4.69) is 10.1 Å². The number of hydrogen-bond donors (Lipinski definition) is 1. The first-order valence-corrected chi connectivity index (χ1v) is 7.97. The van der Waals surface area contributed by atoms with Gasteiger partial charge in [-0.2, -0.15) is 0 Å². The minimum Gasteiger partial charge on any atom is -0.488 e. The third-order valence-electron chi connectivity index (χ3n) is 3.45. The van der Waals surface area contributed by atoms with Crippen molar-refractivity contribution in [1.29, 1.82) is 0 Å². The predicted octanol–water partition coefficient (Wildman–Crippen LogP) is 3.53. The van der Waals surface area contributed by atoms with Crippen LogP contribution in [0.25, 0.3) is 0 Å². The fourth-order valence-corrected chi connectivity index (χ4v) is 2.22. The number of carbonyl (C=O) groups excluding carboxylic acids is 2. The number of nitro benzene ring substituents is 1. The molecule has 0 unspecified atom stereocenters. The molecule has 0 saturated carbocycles. The van der Waals surface area contributed by atoms with Crippen LogP contribution in [0.15, 0.2) is 42.5 Å². The largest absolute Gasteiger partial charge is 0.488 e. The summed E-state index contributed by atoms with van der Waals surface area (Å²) < 4.78 is 15.1. The molecule has 0 spiro atoms. The lowest BCUT2D eigenvalue weighted by Crippen LogP contribution is -2.15. The number of methoxy groups -OCH3 is 1. The van der Waals surface area contributed by atoms with Crippen molar-refractivity contribution < 1.29 is 28.7 Å². The summed E-state index contributed by atoms with van der Waals surface area (Å²) in [6.45, 7) is 1.81. The van der Waals surface area contributed by atoms with E-state index in [1.807, 2.05) is 30.3 Å². The van der Waals surface area contributed by atoms with Crippen LogP contribution in [0, 0.1) is 10.1 Å². The molecule has 0 aliphatic heterocycles. The van der Waals surface area contributed by atoms with Gasteiger partial charge in [0.1, 0.15) is 23.6 Å². The van der Waals surface area contributed by atoms with Gasteiger partial charge in [0.05, 0.1) is 18.6 Å². The molecule has 0 bridgehead atoms. The van der Waals surface area contributed by atoms with E-state index in [-0.39, 0.29) is 30.2 Å². The second-order valence-corrected chi connectivity index (χ2v) is 5.23. The van der Waals surface area contributed by atoms with E-state index in [0.717, 1.165) is 18.7 Å². The highest BCUT2D eigenvalue weighted by Gasteiger charge is 2.25. The Morgan fingerprint density at radius 2 is 1.89 bits per heavy atom. The number of nitro groups is 1. The number of hydrogen-bond acceptors (Lipinski definition) is 7. The van der Waals surface area contributed by atoms with Crippen LogP contribution in [0.3, 0.4) is 0 Å². The summed E-state index contributed by atoms with van der Waals surface area (Å²) >= 11 is 0. The Morgan fingerprint density at radius 1 is 1.19 bits per heavy atom. The topological polar surface area (TPSA) is 117 Å². The Balaban J connectivity index is 2.42. The zero-order valence-electron chi connectivity index (χ0n) is 14.8. The van der Waals surface area contributed by atoms with E-state index in [0.29, 0.717) is 0 Å². The van der Waals surface area contributed by atoms with Crippen molar-refractivity contribution in [1.82, 2.24) is 0 Å². The fourth-order valence-electron chi connectivity index (χ4n) is 2.22. The molecule has 2 aromatic carbocycles. The Morgan fingerprint density at radius 3 is 2.48 bits per heavy atom. The Bertz CT molecular complexity index is 837. The number of esters is 1. The lowest BCUT2D eigenvalue weighted by atomic mass is 10.1. The van der Waals surface area contributed by atoms with Crippen molar-refractivity contribution in [2.45, 2.75) is 13.5 Å². The summed E-state index contributed by atoms with van der Waals surface area (Å²) in [5, 5.41) is 13.6. The van der Waals surface area contributed by atoms with Gasteiger partial charge in [-0.3, -0.25) is 15.4 Å². The average Bonchev–Trinajstić information content (AvgIpc) is 2.66. The van der Waals surface area contributed by atoms with E-state index in [1.54, 1.807) is 6.92 Å². The summed E-state index contributed by atoms with van der Waals surface area (Å²) in [5.74, 6) is -0.771. The van der Waals surface area contributed by atoms with Crippen LogP contribution in [0.2, 0.25) is 0 Å². The zero-order chi connectivity index (χ0) is 19.8. The highest BCUT2D eigenvalue weighted by Crippen LogP contribution is 2.34. The van der Waals surface area contributed by atoms with Crippen molar-refractivity contribution in [3.8, 4) is 5.75 Å². The Kier molecular flexibility index (Phi) is 6.70. The average molecular weight is 374 g/mol. The summed E-state index contributed by atoms with van der Waals surface area (Å²) in [5.41, 5.74) is 0.0470. The Hall–Kier alpha value is -3.62. The third-order valence-corrected chi connectivity index (χ3v) is 3.45. The molecule has 0 aliphatic rings. The van der Waals surface area contributed by atoms with Crippen molar-refractivity contribution in [2.24, 2.45) is 0 Å². The van der Waals surface area contributed by atoms with Gasteiger partial charge in [0.2, 0.25) is 0 Å². The standard InChI is InChI=1S/C18H18N2O7/c1-3-26-18(22)19-14-10-16(27-11-12-7-5-4-6-8-12)13(17(21)25-2)9-15(14)20(23)24/h4-10H,3,11H2,1-2H3,(H,19,22). The second kappa shape index (κ2) is 9.18. The predicted molar refractivity (Wildman–Crippen MR) is 95.9 cm³/mol. The van der Waals surface area contributed by atoms with E-state index >= 15 is 0 Å². The van der Waals surface area contributed by atoms with Crippen molar-refractivity contribution in [2.75, 3.05) is 19.0 Å². The Labute approximate surface area is 155 Å². The van der Waals surface area contributed by atoms with Crippen molar-refractivity contribution >= 4 is 23.4 Å². The zero-order valence-corrected chi connectivity index (χ0v) is 14.8. The van der Waals surface area contributed by atoms with E-state index in [9.17, 15) is 19.7 Å². The summed E-state index contributed by atoms with van der Waals surface area (Å²) in [7, 11) is 1.15. The second-order valence-electron chi connectivity index (χ2n) is 5.23. The van der Waals surface area contributed by atoms with Gasteiger partial charge in [-0.1, -0.05) is 30.3 Å². The molecule has 0 atom stereocenters. The third kappa shape index (κ3) is 5.18. The van der Waals surface area contributed by atoms with Crippen LogP contribution < -0.4 is 10.1 Å². The number of anilines is 1. The van der Waals surface area contributed by atoms with Gasteiger partial charge < -0.3 is 14.2 Å².